The molecule has 0 amide bonds. The molecule has 3 rings (SSSR count). The highest BCUT2D eigenvalue weighted by molar-refractivity contribution is 5.92. The van der Waals surface area contributed by atoms with Gasteiger partial charge in [0.1, 0.15) is 22.7 Å². The normalized spacial score (nSPS) is 11.0. The molecule has 0 radical (unpaired) electrons. The van der Waals surface area contributed by atoms with E-state index in [4.69, 9.17) is 5.11 Å². The SMILES string of the molecule is O=C(O)c1cn(-c2ccc(F)cc2F)c2cc(F)c(F)nc2c1=O. The minimum absolute atomic E-state index is 0.364. The fraction of sp³-hybridized carbons (Fsp3) is 0. The van der Waals surface area contributed by atoms with Crippen LogP contribution in [0.25, 0.3) is 16.7 Å². The number of carbonyl (C=O) groups is 1. The number of aromatic carboxylic acids is 1. The lowest BCUT2D eigenvalue weighted by Gasteiger charge is -2.13. The van der Waals surface area contributed by atoms with Gasteiger partial charge in [0, 0.05) is 18.3 Å². The summed E-state index contributed by atoms with van der Waals surface area (Å²) in [4.78, 5) is 26.3. The van der Waals surface area contributed by atoms with E-state index in [1.807, 2.05) is 0 Å². The average molecular weight is 338 g/mol. The molecule has 2 heterocycles. The molecule has 24 heavy (non-hydrogen) atoms. The minimum Gasteiger partial charge on any atom is -0.477 e. The van der Waals surface area contributed by atoms with E-state index >= 15 is 0 Å². The van der Waals surface area contributed by atoms with Crippen LogP contribution in [0.1, 0.15) is 10.4 Å². The van der Waals surface area contributed by atoms with Crippen molar-refractivity contribution in [1.29, 1.82) is 0 Å². The average Bonchev–Trinajstić information content (AvgIpc) is 2.50. The summed E-state index contributed by atoms with van der Waals surface area (Å²) in [6.07, 6.45) is 0.738. The van der Waals surface area contributed by atoms with Gasteiger partial charge in [-0.1, -0.05) is 0 Å². The summed E-state index contributed by atoms with van der Waals surface area (Å²) in [5.41, 5.74) is -3.41. The molecule has 2 aromatic heterocycles. The van der Waals surface area contributed by atoms with Crippen LogP contribution >= 0.6 is 0 Å². The highest BCUT2D eigenvalue weighted by atomic mass is 19.2. The lowest BCUT2D eigenvalue weighted by molar-refractivity contribution is 0.0695. The Bertz CT molecular complexity index is 1060. The number of pyridine rings is 2. The molecule has 0 saturated carbocycles. The Hall–Kier alpha value is -3.23. The molecule has 0 saturated heterocycles. The van der Waals surface area contributed by atoms with Crippen molar-refractivity contribution in [3.05, 3.63) is 69.6 Å². The first-order chi connectivity index (χ1) is 11.3. The first kappa shape index (κ1) is 15.7. The molecule has 1 N–H and O–H groups in total. The van der Waals surface area contributed by atoms with E-state index in [0.717, 1.165) is 22.9 Å². The van der Waals surface area contributed by atoms with E-state index in [9.17, 15) is 27.2 Å². The van der Waals surface area contributed by atoms with E-state index in [1.165, 1.54) is 0 Å². The molecule has 0 fully saturated rings. The molecule has 0 spiro atoms. The van der Waals surface area contributed by atoms with Crippen LogP contribution in [-0.2, 0) is 0 Å². The molecular formula is C15H6F4N2O3. The van der Waals surface area contributed by atoms with Crippen LogP contribution in [0.3, 0.4) is 0 Å². The number of halogens is 4. The maximum absolute atomic E-state index is 14.0. The second-order valence-electron chi connectivity index (χ2n) is 4.77. The van der Waals surface area contributed by atoms with Crippen molar-refractivity contribution in [2.75, 3.05) is 0 Å². The maximum atomic E-state index is 14.0. The Labute approximate surface area is 130 Å². The summed E-state index contributed by atoms with van der Waals surface area (Å²) in [6.45, 7) is 0. The van der Waals surface area contributed by atoms with Gasteiger partial charge >= 0.3 is 5.97 Å². The molecule has 3 aromatic rings. The lowest BCUT2D eigenvalue weighted by atomic mass is 10.2. The largest absolute Gasteiger partial charge is 0.477 e. The van der Waals surface area contributed by atoms with Gasteiger partial charge in [-0.25, -0.2) is 22.9 Å². The van der Waals surface area contributed by atoms with Crippen molar-refractivity contribution in [2.45, 2.75) is 0 Å². The van der Waals surface area contributed by atoms with Gasteiger partial charge in [-0.05, 0) is 12.1 Å². The number of fused-ring (bicyclic) bond motifs is 1. The summed E-state index contributed by atoms with van der Waals surface area (Å²) >= 11 is 0. The first-order valence-electron chi connectivity index (χ1n) is 6.39. The van der Waals surface area contributed by atoms with Crippen molar-refractivity contribution in [3.8, 4) is 5.69 Å². The molecule has 0 bridgehead atoms. The molecule has 0 aliphatic carbocycles. The van der Waals surface area contributed by atoms with Gasteiger partial charge in [-0.15, -0.1) is 0 Å². The molecule has 0 aliphatic rings. The fourth-order valence-corrected chi connectivity index (χ4v) is 2.22. The van der Waals surface area contributed by atoms with Crippen LogP contribution in [0.2, 0.25) is 0 Å². The van der Waals surface area contributed by atoms with Gasteiger partial charge in [0.05, 0.1) is 11.2 Å². The van der Waals surface area contributed by atoms with Gasteiger partial charge in [0.15, 0.2) is 5.82 Å². The number of carboxylic acid groups (broad SMARTS) is 1. The molecule has 0 unspecified atom stereocenters. The summed E-state index contributed by atoms with van der Waals surface area (Å²) < 4.78 is 54.6. The maximum Gasteiger partial charge on any atom is 0.341 e. The number of hydrogen-bond donors (Lipinski definition) is 1. The van der Waals surface area contributed by atoms with Gasteiger partial charge in [-0.3, -0.25) is 4.79 Å². The quantitative estimate of drug-likeness (QED) is 0.576. The summed E-state index contributed by atoms with van der Waals surface area (Å²) in [6, 6.07) is 2.94. The number of benzene rings is 1. The molecule has 5 nitrogen and oxygen atoms in total. The van der Waals surface area contributed by atoms with Crippen molar-refractivity contribution in [3.63, 3.8) is 0 Å². The van der Waals surface area contributed by atoms with Gasteiger partial charge < -0.3 is 9.67 Å². The monoisotopic (exact) mass is 338 g/mol. The van der Waals surface area contributed by atoms with Crippen molar-refractivity contribution < 1.29 is 27.5 Å². The summed E-state index contributed by atoms with van der Waals surface area (Å²) in [5, 5.41) is 9.07. The third-order valence-electron chi connectivity index (χ3n) is 3.29. The van der Waals surface area contributed by atoms with Crippen molar-refractivity contribution >= 4 is 17.0 Å². The van der Waals surface area contributed by atoms with Crippen LogP contribution in [0.4, 0.5) is 17.6 Å². The van der Waals surface area contributed by atoms with E-state index in [-0.39, 0.29) is 11.2 Å². The third-order valence-corrected chi connectivity index (χ3v) is 3.29. The third kappa shape index (κ3) is 2.39. The Kier molecular flexibility index (Phi) is 3.55. The van der Waals surface area contributed by atoms with E-state index in [0.29, 0.717) is 12.1 Å². The molecule has 9 heteroatoms. The smallest absolute Gasteiger partial charge is 0.341 e. The van der Waals surface area contributed by atoms with E-state index in [2.05, 4.69) is 4.98 Å². The standard InChI is InChI=1S/C15H6F4N2O3/c16-6-1-2-10(8(17)3-6)21-5-7(15(23)24)13(22)12-11(21)4-9(18)14(19)20-12/h1-5H,(H,23,24). The van der Waals surface area contributed by atoms with Crippen LogP contribution in [0.5, 0.6) is 0 Å². The molecular weight excluding hydrogens is 332 g/mol. The first-order valence-corrected chi connectivity index (χ1v) is 6.39. The predicted molar refractivity (Wildman–Crippen MR) is 74.1 cm³/mol. The highest BCUT2D eigenvalue weighted by Gasteiger charge is 2.20. The summed E-state index contributed by atoms with van der Waals surface area (Å²) in [7, 11) is 0. The zero-order valence-corrected chi connectivity index (χ0v) is 11.6. The number of hydrogen-bond acceptors (Lipinski definition) is 3. The van der Waals surface area contributed by atoms with Gasteiger partial charge in [-0.2, -0.15) is 4.39 Å². The predicted octanol–water partition coefficient (Wildman–Crippen LogP) is 2.64. The van der Waals surface area contributed by atoms with Gasteiger partial charge in [0.25, 0.3) is 0 Å². The van der Waals surface area contributed by atoms with Crippen LogP contribution < -0.4 is 5.43 Å². The topological polar surface area (TPSA) is 72.2 Å². The van der Waals surface area contributed by atoms with Crippen molar-refractivity contribution in [1.82, 2.24) is 9.55 Å². The molecule has 0 atom stereocenters. The van der Waals surface area contributed by atoms with E-state index in [1.54, 1.807) is 0 Å². The zero-order chi connectivity index (χ0) is 17.6. The van der Waals surface area contributed by atoms with Crippen molar-refractivity contribution in [2.24, 2.45) is 0 Å². The Morgan fingerprint density at radius 1 is 1.08 bits per heavy atom. The highest BCUT2D eigenvalue weighted by Crippen LogP contribution is 2.21. The Morgan fingerprint density at radius 2 is 1.79 bits per heavy atom. The van der Waals surface area contributed by atoms with Crippen LogP contribution in [0.15, 0.2) is 35.3 Å². The molecule has 1 aromatic carbocycles. The Morgan fingerprint density at radius 3 is 2.42 bits per heavy atom. The second kappa shape index (κ2) is 5.44. The Balaban J connectivity index is 2.50. The number of aromatic nitrogens is 2. The van der Waals surface area contributed by atoms with Gasteiger partial charge in [0.2, 0.25) is 11.4 Å². The molecule has 122 valence electrons. The van der Waals surface area contributed by atoms with E-state index < -0.39 is 45.9 Å². The zero-order valence-electron chi connectivity index (χ0n) is 11.6. The van der Waals surface area contributed by atoms with Crippen LogP contribution in [-0.4, -0.2) is 20.6 Å². The number of rotatable bonds is 2. The number of carboxylic acids is 1. The fourth-order valence-electron chi connectivity index (χ4n) is 2.22. The molecule has 0 aliphatic heterocycles. The second-order valence-corrected chi connectivity index (χ2v) is 4.77. The number of nitrogens with zero attached hydrogens (tertiary/aromatic N) is 2. The summed E-state index contributed by atoms with van der Waals surface area (Å²) in [5.74, 6) is -6.67. The lowest BCUT2D eigenvalue weighted by Crippen LogP contribution is -2.20. The van der Waals surface area contributed by atoms with Crippen LogP contribution in [0, 0.1) is 23.4 Å². The minimum atomic E-state index is -1.66.